The van der Waals surface area contributed by atoms with Gasteiger partial charge in [0.25, 0.3) is 0 Å². The quantitative estimate of drug-likeness (QED) is 0.725. The third-order valence-electron chi connectivity index (χ3n) is 3.51. The highest BCUT2D eigenvalue weighted by atomic mass is 19.2. The molecule has 0 bridgehead atoms. The highest BCUT2D eigenvalue weighted by Gasteiger charge is 2.15. The molecule has 0 aliphatic heterocycles. The molecule has 0 saturated heterocycles. The first-order chi connectivity index (χ1) is 11.1. The fourth-order valence-corrected chi connectivity index (χ4v) is 2.45. The minimum absolute atomic E-state index is 0.0585. The lowest BCUT2D eigenvalue weighted by atomic mass is 10.1. The van der Waals surface area contributed by atoms with Crippen LogP contribution in [0.2, 0.25) is 0 Å². The topological polar surface area (TPSA) is 62.0 Å². The molecule has 0 aliphatic rings. The highest BCUT2D eigenvalue weighted by molar-refractivity contribution is 5.99. The summed E-state index contributed by atoms with van der Waals surface area (Å²) in [5, 5.41) is 3.26. The van der Waals surface area contributed by atoms with Crippen LogP contribution in [0.3, 0.4) is 0 Å². The number of hydrogen-bond donors (Lipinski definition) is 2. The molecule has 0 atom stereocenters. The van der Waals surface area contributed by atoms with Crippen molar-refractivity contribution >= 4 is 28.8 Å². The van der Waals surface area contributed by atoms with Crippen molar-refractivity contribution in [2.45, 2.75) is 6.42 Å². The Hall–Kier alpha value is -3.02. The van der Waals surface area contributed by atoms with Gasteiger partial charge in [0.05, 0.1) is 12.1 Å². The number of halogens is 2. The van der Waals surface area contributed by atoms with Gasteiger partial charge in [0.2, 0.25) is 5.91 Å². The Kier molecular flexibility index (Phi) is 3.89. The number of fused-ring (bicyclic) bond motifs is 1. The van der Waals surface area contributed by atoms with Gasteiger partial charge in [0.1, 0.15) is 0 Å². The van der Waals surface area contributed by atoms with Crippen LogP contribution in [0, 0.1) is 11.6 Å². The van der Waals surface area contributed by atoms with Crippen LogP contribution in [0.5, 0.6) is 0 Å². The molecule has 2 N–H and O–H groups in total. The molecule has 3 aromatic rings. The Morgan fingerprint density at radius 3 is 2.65 bits per heavy atom. The fourth-order valence-electron chi connectivity index (χ4n) is 2.45. The molecular formula is C17H12F2N2O2. The second-order valence-corrected chi connectivity index (χ2v) is 5.03. The van der Waals surface area contributed by atoms with Crippen molar-refractivity contribution in [1.29, 1.82) is 0 Å². The molecule has 23 heavy (non-hydrogen) atoms. The average Bonchev–Trinajstić information content (AvgIpc) is 2.89. The maximum atomic E-state index is 13.2. The van der Waals surface area contributed by atoms with E-state index in [2.05, 4.69) is 10.3 Å². The molecule has 0 aliphatic carbocycles. The second kappa shape index (κ2) is 6.00. The molecule has 1 amide bonds. The molecule has 116 valence electrons. The molecule has 6 heteroatoms. The molecule has 0 fully saturated rings. The van der Waals surface area contributed by atoms with E-state index in [-0.39, 0.29) is 12.1 Å². The van der Waals surface area contributed by atoms with Crippen LogP contribution in [-0.4, -0.2) is 17.2 Å². The lowest BCUT2D eigenvalue weighted by molar-refractivity contribution is -0.115. The van der Waals surface area contributed by atoms with Crippen molar-refractivity contribution < 1.29 is 18.4 Å². The summed E-state index contributed by atoms with van der Waals surface area (Å²) >= 11 is 0. The molecule has 1 aromatic heterocycles. The van der Waals surface area contributed by atoms with Crippen molar-refractivity contribution in [2.75, 3.05) is 5.32 Å². The van der Waals surface area contributed by atoms with E-state index >= 15 is 0 Å². The monoisotopic (exact) mass is 314 g/mol. The summed E-state index contributed by atoms with van der Waals surface area (Å²) in [4.78, 5) is 26.2. The molecule has 0 saturated carbocycles. The van der Waals surface area contributed by atoms with Crippen LogP contribution in [0.25, 0.3) is 10.9 Å². The van der Waals surface area contributed by atoms with Gasteiger partial charge in [-0.15, -0.1) is 0 Å². The third kappa shape index (κ3) is 2.96. The van der Waals surface area contributed by atoms with Crippen molar-refractivity contribution in [2.24, 2.45) is 0 Å². The second-order valence-electron chi connectivity index (χ2n) is 5.03. The smallest absolute Gasteiger partial charge is 0.228 e. The van der Waals surface area contributed by atoms with Gasteiger partial charge in [-0.3, -0.25) is 9.59 Å². The molecule has 1 heterocycles. The van der Waals surface area contributed by atoms with E-state index in [4.69, 9.17) is 0 Å². The number of anilines is 1. The number of nitrogens with one attached hydrogen (secondary N) is 2. The minimum atomic E-state index is -1.04. The maximum Gasteiger partial charge on any atom is 0.228 e. The summed E-state index contributed by atoms with van der Waals surface area (Å²) in [7, 11) is 0. The van der Waals surface area contributed by atoms with Gasteiger partial charge < -0.3 is 10.3 Å². The number of benzene rings is 2. The van der Waals surface area contributed by atoms with Crippen LogP contribution < -0.4 is 5.32 Å². The molecule has 3 rings (SSSR count). The average molecular weight is 314 g/mol. The zero-order valence-electron chi connectivity index (χ0n) is 11.9. The van der Waals surface area contributed by atoms with Crippen molar-refractivity contribution in [1.82, 2.24) is 4.98 Å². The van der Waals surface area contributed by atoms with Crippen LogP contribution in [0.4, 0.5) is 14.5 Å². The molecule has 0 radical (unpaired) electrons. The first-order valence-electron chi connectivity index (χ1n) is 6.88. The summed E-state index contributed by atoms with van der Waals surface area (Å²) in [5.74, 6) is -2.45. The maximum absolute atomic E-state index is 13.2. The normalized spacial score (nSPS) is 10.7. The first kappa shape index (κ1) is 14.9. The Balaban J connectivity index is 1.85. The summed E-state index contributed by atoms with van der Waals surface area (Å²) in [6, 6.07) is 10.3. The SMILES string of the molecule is O=Cc1[nH]c2ccccc2c1CC(=O)Nc1ccc(F)c(F)c1. The summed E-state index contributed by atoms with van der Waals surface area (Å²) in [5.41, 5.74) is 1.80. The van der Waals surface area contributed by atoms with Crippen molar-refractivity contribution in [3.05, 3.63) is 65.4 Å². The summed E-state index contributed by atoms with van der Waals surface area (Å²) < 4.78 is 26.0. The van der Waals surface area contributed by atoms with E-state index in [0.717, 1.165) is 23.0 Å². The molecule has 4 nitrogen and oxygen atoms in total. The van der Waals surface area contributed by atoms with Crippen LogP contribution in [-0.2, 0) is 11.2 Å². The number of aldehydes is 1. The largest absolute Gasteiger partial charge is 0.352 e. The Morgan fingerprint density at radius 1 is 1.13 bits per heavy atom. The number of hydrogen-bond acceptors (Lipinski definition) is 2. The molecule has 0 spiro atoms. The lowest BCUT2D eigenvalue weighted by Crippen LogP contribution is -2.15. The van der Waals surface area contributed by atoms with Gasteiger partial charge in [0.15, 0.2) is 17.9 Å². The zero-order chi connectivity index (χ0) is 16.4. The number of aromatic nitrogens is 1. The first-order valence-corrected chi connectivity index (χ1v) is 6.88. The fraction of sp³-hybridized carbons (Fsp3) is 0.0588. The van der Waals surface area contributed by atoms with Crippen LogP contribution >= 0.6 is 0 Å². The number of carbonyl (C=O) groups is 2. The Bertz CT molecular complexity index is 903. The Labute approximate surface area is 130 Å². The highest BCUT2D eigenvalue weighted by Crippen LogP contribution is 2.22. The number of carbonyl (C=O) groups excluding carboxylic acids is 2. The molecule has 0 unspecified atom stereocenters. The van der Waals surface area contributed by atoms with Crippen molar-refractivity contribution in [3.8, 4) is 0 Å². The van der Waals surface area contributed by atoms with Gasteiger partial charge in [-0.05, 0) is 23.8 Å². The zero-order valence-corrected chi connectivity index (χ0v) is 11.9. The number of H-pyrrole nitrogens is 1. The standard InChI is InChI=1S/C17H12F2N2O2/c18-13-6-5-10(7-14(13)19)20-17(23)8-12-11-3-1-2-4-15(11)21-16(12)9-22/h1-7,9,21H,8H2,(H,20,23). The van der Waals surface area contributed by atoms with Gasteiger partial charge in [0, 0.05) is 22.7 Å². The van der Waals surface area contributed by atoms with E-state index < -0.39 is 17.5 Å². The predicted molar refractivity (Wildman–Crippen MR) is 82.4 cm³/mol. The van der Waals surface area contributed by atoms with E-state index in [1.807, 2.05) is 12.1 Å². The van der Waals surface area contributed by atoms with E-state index in [1.54, 1.807) is 12.1 Å². The van der Waals surface area contributed by atoms with Gasteiger partial charge >= 0.3 is 0 Å². The third-order valence-corrected chi connectivity index (χ3v) is 3.51. The number of aromatic amines is 1. The lowest BCUT2D eigenvalue weighted by Gasteiger charge is -2.06. The van der Waals surface area contributed by atoms with Gasteiger partial charge in [-0.25, -0.2) is 8.78 Å². The Morgan fingerprint density at radius 2 is 1.91 bits per heavy atom. The minimum Gasteiger partial charge on any atom is -0.352 e. The van der Waals surface area contributed by atoms with E-state index in [0.29, 0.717) is 17.5 Å². The summed E-state index contributed by atoms with van der Waals surface area (Å²) in [6.07, 6.45) is 0.595. The van der Waals surface area contributed by atoms with Crippen LogP contribution in [0.1, 0.15) is 16.1 Å². The number of para-hydroxylation sites is 1. The van der Waals surface area contributed by atoms with Crippen molar-refractivity contribution in [3.63, 3.8) is 0 Å². The summed E-state index contributed by atoms with van der Waals surface area (Å²) in [6.45, 7) is 0. The van der Waals surface area contributed by atoms with Gasteiger partial charge in [-0.1, -0.05) is 18.2 Å². The molecular weight excluding hydrogens is 302 g/mol. The van der Waals surface area contributed by atoms with Gasteiger partial charge in [-0.2, -0.15) is 0 Å². The van der Waals surface area contributed by atoms with E-state index in [9.17, 15) is 18.4 Å². The van der Waals surface area contributed by atoms with Crippen LogP contribution in [0.15, 0.2) is 42.5 Å². The predicted octanol–water partition coefficient (Wildman–Crippen LogP) is 3.44. The number of rotatable bonds is 4. The number of amides is 1. The van der Waals surface area contributed by atoms with E-state index in [1.165, 1.54) is 6.07 Å². The molecule has 2 aromatic carbocycles.